The van der Waals surface area contributed by atoms with Crippen LogP contribution in [0.4, 0.5) is 18.9 Å². The number of rotatable bonds is 5. The fourth-order valence-corrected chi connectivity index (χ4v) is 3.42. The van der Waals surface area contributed by atoms with Crippen molar-refractivity contribution >= 4 is 23.7 Å². The maximum Gasteiger partial charge on any atom is 0.416 e. The first kappa shape index (κ1) is 25.7. The molecule has 1 aromatic heterocycles. The largest absolute Gasteiger partial charge is 0.416 e. The lowest BCUT2D eigenvalue weighted by molar-refractivity contribution is -0.137. The summed E-state index contributed by atoms with van der Waals surface area (Å²) in [5, 5.41) is 6.78. The van der Waals surface area contributed by atoms with Crippen LogP contribution in [0.5, 0.6) is 0 Å². The summed E-state index contributed by atoms with van der Waals surface area (Å²) < 4.78 is 41.1. The standard InChI is InChI=1S/C26H27F3N4O2/c1-16-12-19(17(2)33(16)22-11-7-9-20(14-22)26(27,28)29)15-30-32-23(34)18-8-6-10-21(13-18)31-24(35)25(3,4)5/h6-15H,1-5H3,(H,31,35)(H,32,34)/b30-15+. The molecule has 6 nitrogen and oxygen atoms in total. The van der Waals surface area contributed by atoms with Crippen LogP contribution in [0.15, 0.2) is 59.7 Å². The number of carbonyl (C=O) groups is 2. The summed E-state index contributed by atoms with van der Waals surface area (Å²) in [6, 6.07) is 13.3. The van der Waals surface area contributed by atoms with E-state index in [9.17, 15) is 22.8 Å². The van der Waals surface area contributed by atoms with Crippen molar-refractivity contribution in [1.29, 1.82) is 0 Å². The Morgan fingerprint density at radius 3 is 2.31 bits per heavy atom. The first-order valence-electron chi connectivity index (χ1n) is 10.9. The van der Waals surface area contributed by atoms with Crippen molar-refractivity contribution in [2.75, 3.05) is 5.32 Å². The van der Waals surface area contributed by atoms with Crippen molar-refractivity contribution in [2.24, 2.45) is 10.5 Å². The Morgan fingerprint density at radius 1 is 0.971 bits per heavy atom. The van der Waals surface area contributed by atoms with Crippen LogP contribution >= 0.6 is 0 Å². The van der Waals surface area contributed by atoms with Gasteiger partial charge in [0.2, 0.25) is 5.91 Å². The first-order valence-corrected chi connectivity index (χ1v) is 10.9. The number of aromatic nitrogens is 1. The van der Waals surface area contributed by atoms with Gasteiger partial charge in [-0.2, -0.15) is 18.3 Å². The minimum absolute atomic E-state index is 0.177. The van der Waals surface area contributed by atoms with E-state index >= 15 is 0 Å². The maximum atomic E-state index is 13.1. The third kappa shape index (κ3) is 6.17. The molecule has 0 spiro atoms. The van der Waals surface area contributed by atoms with Crippen LogP contribution in [0.2, 0.25) is 0 Å². The third-order valence-electron chi connectivity index (χ3n) is 5.34. The zero-order valence-electron chi connectivity index (χ0n) is 20.1. The van der Waals surface area contributed by atoms with Gasteiger partial charge in [-0.15, -0.1) is 0 Å². The average Bonchev–Trinajstić information content (AvgIpc) is 3.05. The number of nitrogens with zero attached hydrogens (tertiary/aromatic N) is 2. The van der Waals surface area contributed by atoms with Crippen LogP contribution in [0, 0.1) is 19.3 Å². The van der Waals surface area contributed by atoms with Crippen LogP contribution in [0.3, 0.4) is 0 Å². The third-order valence-corrected chi connectivity index (χ3v) is 5.34. The molecule has 35 heavy (non-hydrogen) atoms. The van der Waals surface area contributed by atoms with Crippen molar-refractivity contribution in [3.8, 4) is 5.69 Å². The second kappa shape index (κ2) is 9.77. The van der Waals surface area contributed by atoms with Gasteiger partial charge in [0, 0.05) is 39.3 Å². The molecule has 9 heteroatoms. The van der Waals surface area contributed by atoms with Crippen LogP contribution in [0.25, 0.3) is 5.69 Å². The molecule has 3 rings (SSSR count). The van der Waals surface area contributed by atoms with Crippen LogP contribution in [-0.4, -0.2) is 22.6 Å². The molecule has 2 aromatic carbocycles. The van der Waals surface area contributed by atoms with E-state index in [-0.39, 0.29) is 5.91 Å². The summed E-state index contributed by atoms with van der Waals surface area (Å²) in [4.78, 5) is 24.7. The average molecular weight is 485 g/mol. The second-order valence-electron chi connectivity index (χ2n) is 9.19. The van der Waals surface area contributed by atoms with E-state index in [4.69, 9.17) is 0 Å². The van der Waals surface area contributed by atoms with Gasteiger partial charge in [0.25, 0.3) is 5.91 Å². The molecular weight excluding hydrogens is 457 g/mol. The van der Waals surface area contributed by atoms with E-state index in [2.05, 4.69) is 15.8 Å². The summed E-state index contributed by atoms with van der Waals surface area (Å²) in [5.41, 5.74) is 4.35. The first-order chi connectivity index (χ1) is 16.3. The topological polar surface area (TPSA) is 75.5 Å². The molecule has 0 bridgehead atoms. The van der Waals surface area contributed by atoms with Gasteiger partial charge in [0.15, 0.2) is 0 Å². The van der Waals surface area contributed by atoms with Crippen molar-refractivity contribution in [3.63, 3.8) is 0 Å². The zero-order chi connectivity index (χ0) is 26.0. The molecule has 0 aliphatic rings. The molecule has 2 amide bonds. The lowest BCUT2D eigenvalue weighted by Gasteiger charge is -2.17. The monoisotopic (exact) mass is 484 g/mol. The fourth-order valence-electron chi connectivity index (χ4n) is 3.42. The minimum Gasteiger partial charge on any atom is -0.326 e. The molecule has 0 aliphatic heterocycles. The fraction of sp³-hybridized carbons (Fsp3) is 0.269. The van der Waals surface area contributed by atoms with Crippen LogP contribution < -0.4 is 10.7 Å². The summed E-state index contributed by atoms with van der Waals surface area (Å²) in [6.45, 7) is 8.91. The van der Waals surface area contributed by atoms with Gasteiger partial charge >= 0.3 is 6.18 Å². The van der Waals surface area contributed by atoms with Crippen molar-refractivity contribution in [3.05, 3.63) is 82.7 Å². The number of amides is 2. The Kier molecular flexibility index (Phi) is 7.19. The van der Waals surface area contributed by atoms with E-state index < -0.39 is 23.1 Å². The van der Waals surface area contributed by atoms with Gasteiger partial charge in [-0.05, 0) is 56.3 Å². The maximum absolute atomic E-state index is 13.1. The summed E-state index contributed by atoms with van der Waals surface area (Å²) in [6.07, 6.45) is -3.00. The van der Waals surface area contributed by atoms with E-state index in [0.29, 0.717) is 28.2 Å². The van der Waals surface area contributed by atoms with Crippen molar-refractivity contribution < 1.29 is 22.8 Å². The number of alkyl halides is 3. The molecule has 0 unspecified atom stereocenters. The highest BCUT2D eigenvalue weighted by atomic mass is 19.4. The Labute approximate surface area is 201 Å². The highest BCUT2D eigenvalue weighted by Gasteiger charge is 2.30. The summed E-state index contributed by atoms with van der Waals surface area (Å²) in [5.74, 6) is -0.649. The van der Waals surface area contributed by atoms with E-state index in [1.807, 2.05) is 0 Å². The quantitative estimate of drug-likeness (QED) is 0.352. The Hall–Kier alpha value is -3.88. The number of anilines is 1. The molecule has 3 aromatic rings. The van der Waals surface area contributed by atoms with Gasteiger partial charge in [-0.3, -0.25) is 9.59 Å². The Bertz CT molecular complexity index is 1280. The van der Waals surface area contributed by atoms with Crippen LogP contribution in [-0.2, 0) is 11.0 Å². The summed E-state index contributed by atoms with van der Waals surface area (Å²) >= 11 is 0. The molecule has 0 fully saturated rings. The number of hydrogen-bond acceptors (Lipinski definition) is 3. The number of carbonyl (C=O) groups excluding carboxylic acids is 2. The molecule has 1 heterocycles. The molecule has 2 N–H and O–H groups in total. The molecule has 0 saturated heterocycles. The minimum atomic E-state index is -4.44. The lowest BCUT2D eigenvalue weighted by Crippen LogP contribution is -2.27. The normalized spacial score (nSPS) is 12.1. The number of nitrogens with one attached hydrogen (secondary N) is 2. The second-order valence-corrected chi connectivity index (χ2v) is 9.19. The highest BCUT2D eigenvalue weighted by Crippen LogP contribution is 2.31. The predicted molar refractivity (Wildman–Crippen MR) is 130 cm³/mol. The number of hydrogen-bond donors (Lipinski definition) is 2. The SMILES string of the molecule is Cc1cc(/C=N/NC(=O)c2cccc(NC(=O)C(C)(C)C)c2)c(C)n1-c1cccc(C(F)(F)F)c1. The van der Waals surface area contributed by atoms with Gasteiger partial charge in [0.05, 0.1) is 11.8 Å². The van der Waals surface area contributed by atoms with Gasteiger partial charge in [0.1, 0.15) is 0 Å². The molecular formula is C26H27F3N4O2. The number of aryl methyl sites for hydroxylation is 1. The van der Waals surface area contributed by atoms with Crippen molar-refractivity contribution in [2.45, 2.75) is 40.8 Å². The molecule has 0 atom stereocenters. The molecule has 184 valence electrons. The predicted octanol–water partition coefficient (Wildman–Crippen LogP) is 5.86. The smallest absolute Gasteiger partial charge is 0.326 e. The van der Waals surface area contributed by atoms with Gasteiger partial charge < -0.3 is 9.88 Å². The van der Waals surface area contributed by atoms with Gasteiger partial charge in [-0.1, -0.05) is 32.9 Å². The Balaban J connectivity index is 1.75. The van der Waals surface area contributed by atoms with Crippen molar-refractivity contribution in [1.82, 2.24) is 9.99 Å². The zero-order valence-corrected chi connectivity index (χ0v) is 20.1. The lowest BCUT2D eigenvalue weighted by atomic mass is 9.95. The number of benzene rings is 2. The van der Waals surface area contributed by atoms with Crippen LogP contribution in [0.1, 0.15) is 53.6 Å². The Morgan fingerprint density at radius 2 is 1.66 bits per heavy atom. The highest BCUT2D eigenvalue weighted by molar-refractivity contribution is 5.98. The van der Waals surface area contributed by atoms with E-state index in [1.165, 1.54) is 12.3 Å². The molecule has 0 aliphatic carbocycles. The summed E-state index contributed by atoms with van der Waals surface area (Å²) in [7, 11) is 0. The van der Waals surface area contributed by atoms with Gasteiger partial charge in [-0.25, -0.2) is 5.43 Å². The van der Waals surface area contributed by atoms with E-state index in [0.717, 1.165) is 17.8 Å². The number of hydrazone groups is 1. The molecule has 0 radical (unpaired) electrons. The molecule has 0 saturated carbocycles. The van der Waals surface area contributed by atoms with E-state index in [1.54, 1.807) is 75.6 Å². The number of halogens is 3.